The molecule has 2 N–H and O–H groups in total. The maximum atomic E-state index is 11.6. The zero-order valence-corrected chi connectivity index (χ0v) is 16.4. The summed E-state index contributed by atoms with van der Waals surface area (Å²) in [6.45, 7) is 2.20. The van der Waals surface area contributed by atoms with Crippen molar-refractivity contribution in [1.82, 2.24) is 10.3 Å². The number of rotatable bonds is 7. The van der Waals surface area contributed by atoms with Crippen molar-refractivity contribution in [3.05, 3.63) is 59.4 Å². The molecule has 0 spiro atoms. The Labute approximate surface area is 168 Å². The highest BCUT2D eigenvalue weighted by Crippen LogP contribution is 2.24. The van der Waals surface area contributed by atoms with Gasteiger partial charge < -0.3 is 9.84 Å². The fourth-order valence-corrected chi connectivity index (χ4v) is 3.43. The van der Waals surface area contributed by atoms with Crippen molar-refractivity contribution in [3.8, 4) is 5.75 Å². The van der Waals surface area contributed by atoms with Crippen LogP contribution in [0, 0.1) is 0 Å². The average molecular weight is 409 g/mol. The SMILES string of the molecule is C[C@@H](O)c1ccc(CCOc2ccc(CC3SC(=O)NC3=O)cc2)nc1.Cl. The highest BCUT2D eigenvalue weighted by molar-refractivity contribution is 8.15. The summed E-state index contributed by atoms with van der Waals surface area (Å²) in [6, 6.07) is 11.3. The van der Waals surface area contributed by atoms with Crippen LogP contribution in [0.3, 0.4) is 0 Å². The lowest BCUT2D eigenvalue weighted by molar-refractivity contribution is -0.118. The fraction of sp³-hybridized carbons (Fsp3) is 0.316. The van der Waals surface area contributed by atoms with Crippen LogP contribution in [0.25, 0.3) is 0 Å². The molecule has 27 heavy (non-hydrogen) atoms. The molecule has 0 radical (unpaired) electrons. The van der Waals surface area contributed by atoms with Crippen LogP contribution in [-0.2, 0) is 17.6 Å². The van der Waals surface area contributed by atoms with Crippen LogP contribution >= 0.6 is 24.2 Å². The van der Waals surface area contributed by atoms with E-state index in [1.54, 1.807) is 13.1 Å². The number of carbonyl (C=O) groups is 2. The maximum absolute atomic E-state index is 11.6. The highest BCUT2D eigenvalue weighted by atomic mass is 35.5. The third-order valence-electron chi connectivity index (χ3n) is 4.07. The van der Waals surface area contributed by atoms with E-state index in [1.807, 2.05) is 36.4 Å². The summed E-state index contributed by atoms with van der Waals surface area (Å²) in [5.74, 6) is 0.517. The van der Waals surface area contributed by atoms with E-state index in [1.165, 1.54) is 0 Å². The molecular weight excluding hydrogens is 388 g/mol. The third-order valence-corrected chi connectivity index (χ3v) is 5.05. The van der Waals surface area contributed by atoms with Gasteiger partial charge in [-0.25, -0.2) is 0 Å². The number of ether oxygens (including phenoxy) is 1. The first-order chi connectivity index (χ1) is 12.5. The molecule has 0 saturated carbocycles. The first-order valence-corrected chi connectivity index (χ1v) is 9.25. The van der Waals surface area contributed by atoms with Gasteiger partial charge in [-0.3, -0.25) is 19.9 Å². The van der Waals surface area contributed by atoms with E-state index in [0.29, 0.717) is 19.4 Å². The van der Waals surface area contributed by atoms with Crippen LogP contribution in [0.2, 0.25) is 0 Å². The second kappa shape index (κ2) is 9.73. The van der Waals surface area contributed by atoms with E-state index in [-0.39, 0.29) is 28.8 Å². The minimum absolute atomic E-state index is 0. The van der Waals surface area contributed by atoms with E-state index >= 15 is 0 Å². The summed E-state index contributed by atoms with van der Waals surface area (Å²) in [6.07, 6.45) is 2.35. The van der Waals surface area contributed by atoms with Crippen LogP contribution in [0.15, 0.2) is 42.6 Å². The molecule has 144 valence electrons. The van der Waals surface area contributed by atoms with Crippen molar-refractivity contribution in [2.75, 3.05) is 6.61 Å². The van der Waals surface area contributed by atoms with Crippen LogP contribution in [-0.4, -0.2) is 33.1 Å². The Morgan fingerprint density at radius 3 is 2.52 bits per heavy atom. The first kappa shape index (κ1) is 21.2. The number of amides is 2. The molecule has 8 heteroatoms. The molecular formula is C19H21ClN2O4S. The van der Waals surface area contributed by atoms with Gasteiger partial charge in [0.05, 0.1) is 18.0 Å². The van der Waals surface area contributed by atoms with Crippen molar-refractivity contribution in [1.29, 1.82) is 0 Å². The zero-order valence-electron chi connectivity index (χ0n) is 14.8. The molecule has 0 bridgehead atoms. The first-order valence-electron chi connectivity index (χ1n) is 8.37. The zero-order chi connectivity index (χ0) is 18.5. The van der Waals surface area contributed by atoms with Gasteiger partial charge in [-0.05, 0) is 42.7 Å². The van der Waals surface area contributed by atoms with E-state index in [2.05, 4.69) is 10.3 Å². The minimum atomic E-state index is -0.516. The molecule has 1 aliphatic heterocycles. The molecule has 1 aliphatic rings. The Morgan fingerprint density at radius 1 is 1.22 bits per heavy atom. The number of aliphatic hydroxyl groups excluding tert-OH is 1. The van der Waals surface area contributed by atoms with Gasteiger partial charge in [-0.15, -0.1) is 12.4 Å². The molecule has 1 aromatic heterocycles. The summed E-state index contributed by atoms with van der Waals surface area (Å²) in [7, 11) is 0. The second-order valence-corrected chi connectivity index (χ2v) is 7.26. The number of nitrogens with zero attached hydrogens (tertiary/aromatic N) is 1. The molecule has 0 aliphatic carbocycles. The predicted octanol–water partition coefficient (Wildman–Crippen LogP) is 3.07. The molecule has 3 rings (SSSR count). The second-order valence-electron chi connectivity index (χ2n) is 6.09. The standard InChI is InChI=1S/C19H20N2O4S.ClH/c1-12(22)14-4-5-15(20-11-14)8-9-25-16-6-2-13(3-7-16)10-17-18(23)21-19(24)26-17;/h2-7,11-12,17,22H,8-10H2,1H3,(H,21,23,24);1H/t12-,17?;/m1./s1. The molecule has 2 heterocycles. The quantitative estimate of drug-likeness (QED) is 0.731. The van der Waals surface area contributed by atoms with Gasteiger partial charge in [0, 0.05) is 18.3 Å². The molecule has 2 aromatic rings. The number of thioether (sulfide) groups is 1. The Bertz CT molecular complexity index is 781. The summed E-state index contributed by atoms with van der Waals surface area (Å²) >= 11 is 1.03. The van der Waals surface area contributed by atoms with Crippen LogP contribution in [0.5, 0.6) is 5.75 Å². The number of carbonyl (C=O) groups excluding carboxylic acids is 2. The van der Waals surface area contributed by atoms with E-state index < -0.39 is 6.10 Å². The highest BCUT2D eigenvalue weighted by Gasteiger charge is 2.31. The number of halogens is 1. The summed E-state index contributed by atoms with van der Waals surface area (Å²) in [5, 5.41) is 11.1. The number of hydrogen-bond acceptors (Lipinski definition) is 6. The molecule has 1 saturated heterocycles. The molecule has 2 atom stereocenters. The van der Waals surface area contributed by atoms with E-state index in [4.69, 9.17) is 4.74 Å². The van der Waals surface area contributed by atoms with Crippen molar-refractivity contribution < 1.29 is 19.4 Å². The largest absolute Gasteiger partial charge is 0.493 e. The number of aromatic nitrogens is 1. The lowest BCUT2D eigenvalue weighted by atomic mass is 10.1. The Hall–Kier alpha value is -2.09. The minimum Gasteiger partial charge on any atom is -0.493 e. The number of imide groups is 1. The van der Waals surface area contributed by atoms with Gasteiger partial charge in [-0.2, -0.15) is 0 Å². The predicted molar refractivity (Wildman–Crippen MR) is 106 cm³/mol. The molecule has 1 aromatic carbocycles. The monoisotopic (exact) mass is 408 g/mol. The number of pyridine rings is 1. The van der Waals surface area contributed by atoms with Crippen molar-refractivity contribution >= 4 is 35.3 Å². The number of nitrogens with one attached hydrogen (secondary N) is 1. The lowest BCUT2D eigenvalue weighted by Crippen LogP contribution is -2.25. The van der Waals surface area contributed by atoms with E-state index in [9.17, 15) is 14.7 Å². The van der Waals surface area contributed by atoms with Gasteiger partial charge in [0.15, 0.2) is 0 Å². The lowest BCUT2D eigenvalue weighted by Gasteiger charge is -2.09. The number of aliphatic hydroxyl groups is 1. The molecule has 1 unspecified atom stereocenters. The van der Waals surface area contributed by atoms with Crippen LogP contribution in [0.4, 0.5) is 4.79 Å². The van der Waals surface area contributed by atoms with Gasteiger partial charge in [0.25, 0.3) is 5.24 Å². The third kappa shape index (κ3) is 5.95. The van der Waals surface area contributed by atoms with Crippen LogP contribution < -0.4 is 10.1 Å². The molecule has 6 nitrogen and oxygen atoms in total. The molecule has 1 fully saturated rings. The number of benzene rings is 1. The van der Waals surface area contributed by atoms with Crippen LogP contribution in [0.1, 0.15) is 29.8 Å². The summed E-state index contributed by atoms with van der Waals surface area (Å²) in [4.78, 5) is 27.1. The Morgan fingerprint density at radius 2 is 1.96 bits per heavy atom. The van der Waals surface area contributed by atoms with Gasteiger partial charge in [0.2, 0.25) is 5.91 Å². The van der Waals surface area contributed by atoms with Gasteiger partial charge in [-0.1, -0.05) is 30.0 Å². The normalized spacial score (nSPS) is 17.2. The Kier molecular flexibility index (Phi) is 7.65. The smallest absolute Gasteiger partial charge is 0.286 e. The van der Waals surface area contributed by atoms with Crippen molar-refractivity contribution in [2.24, 2.45) is 0 Å². The summed E-state index contributed by atoms with van der Waals surface area (Å²) in [5.41, 5.74) is 2.68. The fourth-order valence-electron chi connectivity index (χ4n) is 2.57. The maximum Gasteiger partial charge on any atom is 0.286 e. The average Bonchev–Trinajstić information content (AvgIpc) is 2.94. The molecule has 2 amide bonds. The van der Waals surface area contributed by atoms with Gasteiger partial charge in [0.1, 0.15) is 5.75 Å². The van der Waals surface area contributed by atoms with E-state index in [0.717, 1.165) is 34.3 Å². The number of hydrogen-bond donors (Lipinski definition) is 2. The van der Waals surface area contributed by atoms with Crippen molar-refractivity contribution in [3.63, 3.8) is 0 Å². The van der Waals surface area contributed by atoms with Gasteiger partial charge >= 0.3 is 0 Å². The van der Waals surface area contributed by atoms with Crippen molar-refractivity contribution in [2.45, 2.75) is 31.1 Å². The Balaban J connectivity index is 0.00000261. The topological polar surface area (TPSA) is 88.5 Å². The summed E-state index contributed by atoms with van der Waals surface area (Å²) < 4.78 is 5.72.